The second-order valence-corrected chi connectivity index (χ2v) is 10.4. The molecule has 0 aliphatic rings. The number of aryl methyl sites for hydroxylation is 4. The number of hydrogen-bond donors (Lipinski definition) is 2. The van der Waals surface area contributed by atoms with Crippen LogP contribution in [0.4, 0.5) is 0 Å². The minimum Gasteiger partial charge on any atom is -0.481 e. The maximum absolute atomic E-state index is 13.2. The summed E-state index contributed by atoms with van der Waals surface area (Å²) in [6.45, 7) is 7.52. The van der Waals surface area contributed by atoms with Crippen LogP contribution in [-0.4, -0.2) is 36.4 Å². The summed E-state index contributed by atoms with van der Waals surface area (Å²) < 4.78 is 38.9. The number of nitrogens with zero attached hydrogens (tertiary/aromatic N) is 2. The van der Waals surface area contributed by atoms with Gasteiger partial charge in [-0.1, -0.05) is 17.7 Å². The molecule has 1 aromatic carbocycles. The van der Waals surface area contributed by atoms with Gasteiger partial charge in [-0.15, -0.1) is 0 Å². The third-order valence-electron chi connectivity index (χ3n) is 5.73. The maximum atomic E-state index is 13.2. The lowest BCUT2D eigenvalue weighted by atomic mass is 10.1. The molecule has 0 bridgehead atoms. The second kappa shape index (κ2) is 10.5. The number of carbonyl (C=O) groups excluding carboxylic acids is 1. The minimum absolute atomic E-state index is 0.110. The smallest absolute Gasteiger partial charge is 0.270 e. The zero-order chi connectivity index (χ0) is 27.6. The van der Waals surface area contributed by atoms with E-state index < -0.39 is 26.4 Å². The van der Waals surface area contributed by atoms with Gasteiger partial charge in [-0.3, -0.25) is 9.59 Å². The fourth-order valence-corrected chi connectivity index (χ4v) is 5.07. The summed E-state index contributed by atoms with van der Waals surface area (Å²) in [4.78, 5) is 35.8. The van der Waals surface area contributed by atoms with E-state index in [0.29, 0.717) is 22.9 Å². The van der Waals surface area contributed by atoms with Crippen LogP contribution in [0.5, 0.6) is 17.5 Å². The Morgan fingerprint density at radius 1 is 0.974 bits per heavy atom. The molecule has 1 amide bonds. The number of aromatic nitrogens is 3. The SMILES string of the molecule is COc1ncc(-c2ccc(C(=O)NS(=O)(=O)c3ccc[nH]c3=O)c(Oc3c(C)cc(C)cc3C)n2)cc1C. The van der Waals surface area contributed by atoms with Crippen LogP contribution in [0.1, 0.15) is 32.6 Å². The van der Waals surface area contributed by atoms with Crippen LogP contribution in [0.15, 0.2) is 64.5 Å². The first kappa shape index (κ1) is 26.6. The number of benzene rings is 1. The van der Waals surface area contributed by atoms with E-state index in [1.54, 1.807) is 12.3 Å². The first-order chi connectivity index (χ1) is 18.0. The number of ether oxygens (including phenoxy) is 2. The van der Waals surface area contributed by atoms with Crippen LogP contribution in [-0.2, 0) is 10.0 Å². The van der Waals surface area contributed by atoms with Crippen molar-refractivity contribution in [3.63, 3.8) is 0 Å². The molecule has 11 heteroatoms. The van der Waals surface area contributed by atoms with E-state index in [0.717, 1.165) is 28.3 Å². The van der Waals surface area contributed by atoms with Gasteiger partial charge in [-0.25, -0.2) is 23.1 Å². The van der Waals surface area contributed by atoms with Gasteiger partial charge in [-0.05, 0) is 69.2 Å². The van der Waals surface area contributed by atoms with Crippen molar-refractivity contribution >= 4 is 15.9 Å². The molecule has 3 heterocycles. The number of pyridine rings is 3. The number of aromatic amines is 1. The average molecular weight is 535 g/mol. The summed E-state index contributed by atoms with van der Waals surface area (Å²) in [6, 6.07) is 11.1. The van der Waals surface area contributed by atoms with Gasteiger partial charge in [-0.2, -0.15) is 0 Å². The average Bonchev–Trinajstić information content (AvgIpc) is 2.85. The van der Waals surface area contributed by atoms with Crippen LogP contribution in [0.3, 0.4) is 0 Å². The molecule has 38 heavy (non-hydrogen) atoms. The van der Waals surface area contributed by atoms with Gasteiger partial charge in [0, 0.05) is 23.5 Å². The van der Waals surface area contributed by atoms with Gasteiger partial charge in [0.1, 0.15) is 11.3 Å². The van der Waals surface area contributed by atoms with E-state index in [4.69, 9.17) is 9.47 Å². The third-order valence-corrected chi connectivity index (χ3v) is 7.08. The number of nitrogens with one attached hydrogen (secondary N) is 2. The van der Waals surface area contributed by atoms with E-state index in [1.165, 1.54) is 25.4 Å². The Labute approximate surface area is 219 Å². The minimum atomic E-state index is -4.48. The monoisotopic (exact) mass is 534 g/mol. The molecule has 0 aliphatic heterocycles. The summed E-state index contributed by atoms with van der Waals surface area (Å²) in [7, 11) is -2.95. The molecule has 196 valence electrons. The van der Waals surface area contributed by atoms with Gasteiger partial charge in [0.15, 0.2) is 4.90 Å². The molecule has 0 atom stereocenters. The predicted octanol–water partition coefficient (Wildman–Crippen LogP) is 3.99. The fourth-order valence-electron chi connectivity index (χ4n) is 4.04. The Morgan fingerprint density at radius 2 is 1.68 bits per heavy atom. The predicted molar refractivity (Wildman–Crippen MR) is 141 cm³/mol. The van der Waals surface area contributed by atoms with Crippen LogP contribution in [0, 0.1) is 27.7 Å². The molecule has 0 fully saturated rings. The van der Waals surface area contributed by atoms with Crippen molar-refractivity contribution in [3.05, 3.63) is 93.0 Å². The summed E-state index contributed by atoms with van der Waals surface area (Å²) in [5.74, 6) is -0.164. The number of H-pyrrole nitrogens is 1. The van der Waals surface area contributed by atoms with E-state index in [-0.39, 0.29) is 11.4 Å². The van der Waals surface area contributed by atoms with Crippen molar-refractivity contribution in [3.8, 4) is 28.8 Å². The summed E-state index contributed by atoms with van der Waals surface area (Å²) in [6.07, 6.45) is 2.87. The van der Waals surface area contributed by atoms with E-state index in [2.05, 4.69) is 15.0 Å². The molecule has 10 nitrogen and oxygen atoms in total. The third kappa shape index (κ3) is 5.42. The van der Waals surface area contributed by atoms with Gasteiger partial charge >= 0.3 is 0 Å². The fraction of sp³-hybridized carbons (Fsp3) is 0.185. The second-order valence-electron chi connectivity index (χ2n) is 8.73. The molecule has 0 radical (unpaired) electrons. The highest BCUT2D eigenvalue weighted by atomic mass is 32.2. The van der Waals surface area contributed by atoms with E-state index in [1.807, 2.05) is 50.6 Å². The van der Waals surface area contributed by atoms with Gasteiger partial charge < -0.3 is 14.5 Å². The van der Waals surface area contributed by atoms with Gasteiger partial charge in [0.2, 0.25) is 11.8 Å². The normalized spacial score (nSPS) is 11.2. The highest BCUT2D eigenvalue weighted by molar-refractivity contribution is 7.90. The molecule has 0 aliphatic carbocycles. The van der Waals surface area contributed by atoms with Crippen LogP contribution in [0.25, 0.3) is 11.3 Å². The molecule has 0 spiro atoms. The molecule has 0 saturated heterocycles. The maximum Gasteiger partial charge on any atom is 0.270 e. The van der Waals surface area contributed by atoms with Crippen molar-refractivity contribution in [2.45, 2.75) is 32.6 Å². The Kier molecular flexibility index (Phi) is 7.31. The number of rotatable bonds is 7. The topological polar surface area (TPSA) is 140 Å². The highest BCUT2D eigenvalue weighted by Gasteiger charge is 2.25. The van der Waals surface area contributed by atoms with Gasteiger partial charge in [0.25, 0.3) is 21.5 Å². The number of sulfonamides is 1. The largest absolute Gasteiger partial charge is 0.481 e. The number of carbonyl (C=O) groups is 1. The Balaban J connectivity index is 1.80. The number of hydrogen-bond acceptors (Lipinski definition) is 8. The highest BCUT2D eigenvalue weighted by Crippen LogP contribution is 2.33. The van der Waals surface area contributed by atoms with Crippen molar-refractivity contribution in [2.24, 2.45) is 0 Å². The summed E-state index contributed by atoms with van der Waals surface area (Å²) in [5.41, 5.74) is 3.53. The first-order valence-electron chi connectivity index (χ1n) is 11.5. The van der Waals surface area contributed by atoms with Crippen molar-refractivity contribution in [1.29, 1.82) is 0 Å². The summed E-state index contributed by atoms with van der Waals surface area (Å²) >= 11 is 0. The molecular formula is C27H26N4O6S. The van der Waals surface area contributed by atoms with Crippen LogP contribution < -0.4 is 19.8 Å². The van der Waals surface area contributed by atoms with Crippen LogP contribution >= 0.6 is 0 Å². The zero-order valence-corrected chi connectivity index (χ0v) is 22.3. The molecule has 4 rings (SSSR count). The summed E-state index contributed by atoms with van der Waals surface area (Å²) in [5, 5.41) is 0. The van der Waals surface area contributed by atoms with Crippen molar-refractivity contribution < 1.29 is 22.7 Å². The molecule has 2 N–H and O–H groups in total. The number of methoxy groups -OCH3 is 1. The Morgan fingerprint density at radius 3 is 2.32 bits per heavy atom. The quantitative estimate of drug-likeness (QED) is 0.363. The lowest BCUT2D eigenvalue weighted by molar-refractivity contribution is 0.0978. The van der Waals surface area contributed by atoms with Crippen molar-refractivity contribution in [1.82, 2.24) is 19.7 Å². The van der Waals surface area contributed by atoms with Gasteiger partial charge in [0.05, 0.1) is 12.8 Å². The first-order valence-corrected chi connectivity index (χ1v) is 13.0. The van der Waals surface area contributed by atoms with Crippen LogP contribution in [0.2, 0.25) is 0 Å². The van der Waals surface area contributed by atoms with Crippen molar-refractivity contribution in [2.75, 3.05) is 7.11 Å². The molecule has 4 aromatic rings. The Bertz CT molecular complexity index is 1690. The lowest BCUT2D eigenvalue weighted by Gasteiger charge is -2.16. The lowest BCUT2D eigenvalue weighted by Crippen LogP contribution is -2.34. The zero-order valence-electron chi connectivity index (χ0n) is 21.4. The molecule has 0 saturated carbocycles. The van der Waals surface area contributed by atoms with E-state index in [9.17, 15) is 18.0 Å². The molecule has 0 unspecified atom stereocenters. The Hall–Kier alpha value is -4.51. The molecular weight excluding hydrogens is 508 g/mol. The molecule has 3 aromatic heterocycles. The number of amides is 1. The standard InChI is InChI=1S/C27H26N4O6S/c1-15-11-16(2)23(17(3)12-15)37-27-20(24(32)31-38(34,35)22-7-6-10-28-25(22)33)8-9-21(30-27)19-13-18(4)26(36-5)29-14-19/h6-14H,1-5H3,(H,28,33)(H,31,32). The van der Waals surface area contributed by atoms with E-state index >= 15 is 0 Å².